The number of nitrogens with zero attached hydrogens (tertiary/aromatic N) is 1. The quantitative estimate of drug-likeness (QED) is 0.748. The number of benzene rings is 1. The highest BCUT2D eigenvalue weighted by Gasteiger charge is 2.18. The van der Waals surface area contributed by atoms with E-state index >= 15 is 0 Å². The number of hydrogen-bond acceptors (Lipinski definition) is 1. The molecule has 2 rings (SSSR count). The first-order chi connectivity index (χ1) is 8.15. The van der Waals surface area contributed by atoms with Gasteiger partial charge in [0.05, 0.1) is 0 Å². The van der Waals surface area contributed by atoms with Crippen LogP contribution in [0.2, 0.25) is 0 Å². The molecular weight excluding hydrogens is 213 g/mol. The summed E-state index contributed by atoms with van der Waals surface area (Å²) in [7, 11) is 4.14. The zero-order valence-corrected chi connectivity index (χ0v) is 10.6. The SMILES string of the molecule is CN(C)C=C1CCC(c2ccc(F)cc2)CC1. The first-order valence-electron chi connectivity index (χ1n) is 6.26. The normalized spacial score (nSPS) is 20.2. The van der Waals surface area contributed by atoms with E-state index in [1.165, 1.54) is 36.8 Å². The summed E-state index contributed by atoms with van der Waals surface area (Å²) in [6.45, 7) is 0. The van der Waals surface area contributed by atoms with Gasteiger partial charge in [0.1, 0.15) is 5.82 Å². The standard InChI is InChI=1S/C15H20FN/c1-17(2)11-12-3-5-13(6-4-12)14-7-9-15(16)10-8-14/h7-11,13H,3-6H2,1-2H3. The predicted octanol–water partition coefficient (Wildman–Crippen LogP) is 3.93. The molecule has 0 unspecified atom stereocenters. The van der Waals surface area contributed by atoms with E-state index in [0.29, 0.717) is 5.92 Å². The van der Waals surface area contributed by atoms with Crippen molar-refractivity contribution < 1.29 is 4.39 Å². The van der Waals surface area contributed by atoms with Crippen molar-refractivity contribution in [2.75, 3.05) is 14.1 Å². The summed E-state index contributed by atoms with van der Waals surface area (Å²) in [4.78, 5) is 2.12. The Morgan fingerprint density at radius 1 is 1.12 bits per heavy atom. The first kappa shape index (κ1) is 12.2. The Labute approximate surface area is 103 Å². The highest BCUT2D eigenvalue weighted by Crippen LogP contribution is 2.35. The second kappa shape index (κ2) is 5.35. The summed E-state index contributed by atoms with van der Waals surface area (Å²) in [6, 6.07) is 7.00. The topological polar surface area (TPSA) is 3.24 Å². The van der Waals surface area contributed by atoms with Gasteiger partial charge in [0.15, 0.2) is 0 Å². The van der Waals surface area contributed by atoms with Crippen LogP contribution in [0.4, 0.5) is 4.39 Å². The third kappa shape index (κ3) is 3.32. The van der Waals surface area contributed by atoms with Gasteiger partial charge in [-0.3, -0.25) is 0 Å². The van der Waals surface area contributed by atoms with E-state index in [-0.39, 0.29) is 5.82 Å². The molecule has 0 N–H and O–H groups in total. The predicted molar refractivity (Wildman–Crippen MR) is 69.4 cm³/mol. The molecule has 1 nitrogen and oxygen atoms in total. The fourth-order valence-electron chi connectivity index (χ4n) is 2.55. The Morgan fingerprint density at radius 2 is 1.71 bits per heavy atom. The third-order valence-electron chi connectivity index (χ3n) is 3.41. The van der Waals surface area contributed by atoms with Crippen molar-refractivity contribution >= 4 is 0 Å². The maximum absolute atomic E-state index is 12.8. The minimum Gasteiger partial charge on any atom is -0.384 e. The summed E-state index contributed by atoms with van der Waals surface area (Å²) in [5.74, 6) is 0.465. The second-order valence-electron chi connectivity index (χ2n) is 5.08. The monoisotopic (exact) mass is 233 g/mol. The van der Waals surface area contributed by atoms with Crippen molar-refractivity contribution in [2.45, 2.75) is 31.6 Å². The van der Waals surface area contributed by atoms with Gasteiger partial charge < -0.3 is 4.90 Å². The van der Waals surface area contributed by atoms with E-state index in [2.05, 4.69) is 25.2 Å². The highest BCUT2D eigenvalue weighted by molar-refractivity contribution is 5.22. The van der Waals surface area contributed by atoms with Crippen LogP contribution in [0.1, 0.15) is 37.2 Å². The Bertz CT molecular complexity index is 382. The molecule has 2 heteroatoms. The van der Waals surface area contributed by atoms with Crippen LogP contribution in [0, 0.1) is 5.82 Å². The molecule has 0 spiro atoms. The van der Waals surface area contributed by atoms with Crippen molar-refractivity contribution in [1.29, 1.82) is 0 Å². The Balaban J connectivity index is 1.97. The van der Waals surface area contributed by atoms with Crippen LogP contribution in [0.15, 0.2) is 36.0 Å². The van der Waals surface area contributed by atoms with Gasteiger partial charge in [-0.05, 0) is 55.5 Å². The van der Waals surface area contributed by atoms with E-state index in [0.717, 1.165) is 0 Å². The molecule has 0 aromatic heterocycles. The largest absolute Gasteiger partial charge is 0.384 e. The van der Waals surface area contributed by atoms with Gasteiger partial charge in [0.2, 0.25) is 0 Å². The van der Waals surface area contributed by atoms with Gasteiger partial charge in [0.25, 0.3) is 0 Å². The van der Waals surface area contributed by atoms with Crippen LogP contribution in [-0.2, 0) is 0 Å². The number of allylic oxidation sites excluding steroid dienone is 1. The molecule has 0 aliphatic heterocycles. The molecule has 1 saturated carbocycles. The molecule has 17 heavy (non-hydrogen) atoms. The first-order valence-corrected chi connectivity index (χ1v) is 6.26. The molecule has 1 fully saturated rings. The van der Waals surface area contributed by atoms with Gasteiger partial charge in [-0.2, -0.15) is 0 Å². The maximum atomic E-state index is 12.8. The molecule has 1 aromatic rings. The van der Waals surface area contributed by atoms with Crippen molar-refractivity contribution in [2.24, 2.45) is 0 Å². The van der Waals surface area contributed by atoms with Crippen molar-refractivity contribution in [1.82, 2.24) is 4.90 Å². The molecule has 0 heterocycles. The lowest BCUT2D eigenvalue weighted by Crippen LogP contribution is -2.10. The van der Waals surface area contributed by atoms with Crippen molar-refractivity contribution in [3.8, 4) is 0 Å². The summed E-state index contributed by atoms with van der Waals surface area (Å²) in [6.07, 6.45) is 6.94. The Kier molecular flexibility index (Phi) is 3.82. The lowest BCUT2D eigenvalue weighted by atomic mass is 9.82. The van der Waals surface area contributed by atoms with E-state index in [9.17, 15) is 4.39 Å². The van der Waals surface area contributed by atoms with E-state index in [4.69, 9.17) is 0 Å². The fraction of sp³-hybridized carbons (Fsp3) is 0.467. The summed E-state index contributed by atoms with van der Waals surface area (Å²) >= 11 is 0. The molecule has 92 valence electrons. The van der Waals surface area contributed by atoms with Gasteiger partial charge in [-0.15, -0.1) is 0 Å². The van der Waals surface area contributed by atoms with Crippen molar-refractivity contribution in [3.63, 3.8) is 0 Å². The molecule has 0 atom stereocenters. The van der Waals surface area contributed by atoms with Gasteiger partial charge in [0, 0.05) is 14.1 Å². The molecule has 1 aromatic carbocycles. The average molecular weight is 233 g/mol. The van der Waals surface area contributed by atoms with Crippen LogP contribution in [0.3, 0.4) is 0 Å². The lowest BCUT2D eigenvalue weighted by molar-refractivity contribution is 0.489. The molecule has 0 radical (unpaired) electrons. The molecule has 1 aliphatic rings. The van der Waals surface area contributed by atoms with Gasteiger partial charge in [-0.1, -0.05) is 17.7 Å². The van der Waals surface area contributed by atoms with E-state index in [1.807, 2.05) is 12.1 Å². The molecule has 0 amide bonds. The summed E-state index contributed by atoms with van der Waals surface area (Å²) < 4.78 is 12.8. The van der Waals surface area contributed by atoms with Crippen LogP contribution >= 0.6 is 0 Å². The van der Waals surface area contributed by atoms with Crippen molar-refractivity contribution in [3.05, 3.63) is 47.4 Å². The van der Waals surface area contributed by atoms with E-state index < -0.39 is 0 Å². The van der Waals surface area contributed by atoms with Crippen LogP contribution in [0.25, 0.3) is 0 Å². The zero-order chi connectivity index (χ0) is 12.3. The Hall–Kier alpha value is -1.31. The van der Waals surface area contributed by atoms with Crippen LogP contribution < -0.4 is 0 Å². The molecule has 0 bridgehead atoms. The maximum Gasteiger partial charge on any atom is 0.123 e. The molecule has 1 aliphatic carbocycles. The zero-order valence-electron chi connectivity index (χ0n) is 10.6. The number of rotatable bonds is 2. The average Bonchev–Trinajstić information content (AvgIpc) is 2.30. The minimum absolute atomic E-state index is 0.141. The minimum atomic E-state index is -0.141. The fourth-order valence-corrected chi connectivity index (χ4v) is 2.55. The van der Waals surface area contributed by atoms with Crippen LogP contribution in [0.5, 0.6) is 0 Å². The lowest BCUT2D eigenvalue weighted by Gasteiger charge is -2.25. The second-order valence-corrected chi connectivity index (χ2v) is 5.08. The summed E-state index contributed by atoms with van der Waals surface area (Å²) in [5.41, 5.74) is 2.82. The van der Waals surface area contributed by atoms with Gasteiger partial charge in [-0.25, -0.2) is 4.39 Å². The third-order valence-corrected chi connectivity index (χ3v) is 3.41. The van der Waals surface area contributed by atoms with Crippen LogP contribution in [-0.4, -0.2) is 19.0 Å². The Morgan fingerprint density at radius 3 is 2.24 bits per heavy atom. The van der Waals surface area contributed by atoms with Gasteiger partial charge >= 0.3 is 0 Å². The number of halogens is 1. The highest BCUT2D eigenvalue weighted by atomic mass is 19.1. The van der Waals surface area contributed by atoms with E-state index in [1.54, 1.807) is 12.1 Å². The number of hydrogen-bond donors (Lipinski definition) is 0. The summed E-state index contributed by atoms with van der Waals surface area (Å²) in [5, 5.41) is 0. The smallest absolute Gasteiger partial charge is 0.123 e. The molecule has 0 saturated heterocycles. The molecular formula is C15H20FN.